The lowest BCUT2D eigenvalue weighted by molar-refractivity contribution is -0.265. The Balaban J connectivity index is 0.988. The fraction of sp³-hybridized carbons (Fsp3) is 0.714. The molecule has 10 heteroatoms. The number of aryl methyl sites for hydroxylation is 1. The summed E-state index contributed by atoms with van der Waals surface area (Å²) in [5.74, 6) is 4.83. The van der Waals surface area contributed by atoms with Gasteiger partial charge in [-0.15, -0.1) is 5.10 Å². The number of carbonyl (C=O) groups is 1. The Morgan fingerprint density at radius 1 is 1.04 bits per heavy atom. The molecule has 248 valence electrons. The second kappa shape index (κ2) is 14.1. The monoisotopic (exact) mass is 627 g/mol. The van der Waals surface area contributed by atoms with Gasteiger partial charge in [0.1, 0.15) is 18.3 Å². The number of aliphatic hydroxyl groups is 3. The molecule has 3 aliphatic carbocycles. The van der Waals surface area contributed by atoms with Crippen molar-refractivity contribution in [1.29, 1.82) is 0 Å². The molecule has 3 bridgehead atoms. The third-order valence-electron chi connectivity index (χ3n) is 10.9. The second-order valence-electron chi connectivity index (χ2n) is 14.5. The zero-order valence-corrected chi connectivity index (χ0v) is 26.5. The van der Waals surface area contributed by atoms with Crippen LogP contribution < -0.4 is 10.1 Å². The summed E-state index contributed by atoms with van der Waals surface area (Å²) in [6, 6.07) is 8.26. The molecule has 2 aromatic rings. The van der Waals surface area contributed by atoms with Crippen LogP contribution in [0.4, 0.5) is 4.39 Å². The van der Waals surface area contributed by atoms with Crippen molar-refractivity contribution in [2.24, 2.45) is 29.6 Å². The van der Waals surface area contributed by atoms with Crippen LogP contribution >= 0.6 is 0 Å². The van der Waals surface area contributed by atoms with Crippen molar-refractivity contribution < 1.29 is 34.0 Å². The minimum Gasteiger partial charge on any atom is -0.443 e. The van der Waals surface area contributed by atoms with Crippen LogP contribution in [0.2, 0.25) is 0 Å². The molecule has 10 atom stereocenters. The fourth-order valence-corrected chi connectivity index (χ4v) is 8.64. The Morgan fingerprint density at radius 3 is 2.44 bits per heavy atom. The van der Waals surface area contributed by atoms with Gasteiger partial charge in [-0.1, -0.05) is 38.1 Å². The average molecular weight is 628 g/mol. The highest BCUT2D eigenvalue weighted by Crippen LogP contribution is 2.54. The molecule has 5 N–H and O–H groups in total. The van der Waals surface area contributed by atoms with Gasteiger partial charge < -0.3 is 30.1 Å². The molecule has 45 heavy (non-hydrogen) atoms. The van der Waals surface area contributed by atoms with E-state index in [1.54, 1.807) is 0 Å². The third-order valence-corrected chi connectivity index (χ3v) is 10.9. The number of nitrogens with one attached hydrogen (secondary N) is 2. The van der Waals surface area contributed by atoms with Gasteiger partial charge in [-0.2, -0.15) is 0 Å². The topological polar surface area (TPSA) is 137 Å². The number of rotatable bonds is 12. The first kappa shape index (κ1) is 32.4. The molecule has 0 spiro atoms. The maximum Gasteiger partial charge on any atom is 0.238 e. The minimum atomic E-state index is -1.93. The van der Waals surface area contributed by atoms with Crippen molar-refractivity contribution in [1.82, 2.24) is 15.5 Å². The number of amides is 1. The lowest BCUT2D eigenvalue weighted by Gasteiger charge is -2.38. The molecular formula is C35H50FN3O6. The molecule has 0 radical (unpaired) electrons. The molecule has 2 heterocycles. The molecule has 4 aliphatic rings. The van der Waals surface area contributed by atoms with E-state index in [-0.39, 0.29) is 17.7 Å². The first-order valence-electron chi connectivity index (χ1n) is 17.0. The summed E-state index contributed by atoms with van der Waals surface area (Å²) in [4.78, 5) is 12.7. The van der Waals surface area contributed by atoms with Gasteiger partial charge in [0.2, 0.25) is 18.1 Å². The third kappa shape index (κ3) is 7.39. The number of H-pyrrole nitrogens is 1. The van der Waals surface area contributed by atoms with E-state index < -0.39 is 37.4 Å². The van der Waals surface area contributed by atoms with Crippen LogP contribution in [-0.2, 0) is 22.4 Å². The number of alkyl halides is 1. The van der Waals surface area contributed by atoms with Crippen LogP contribution in [0, 0.1) is 29.6 Å². The zero-order valence-electron chi connectivity index (χ0n) is 26.5. The summed E-state index contributed by atoms with van der Waals surface area (Å²) in [5.41, 5.74) is 3.82. The van der Waals surface area contributed by atoms with E-state index in [0.29, 0.717) is 18.8 Å². The number of aliphatic hydroxyl groups excluding tert-OH is 3. The van der Waals surface area contributed by atoms with Gasteiger partial charge >= 0.3 is 0 Å². The number of fused-ring (bicyclic) bond motifs is 2. The highest BCUT2D eigenvalue weighted by molar-refractivity contribution is 5.75. The summed E-state index contributed by atoms with van der Waals surface area (Å²) in [7, 11) is 0. The molecular weight excluding hydrogens is 577 g/mol. The average Bonchev–Trinajstić information content (AvgIpc) is 3.51. The van der Waals surface area contributed by atoms with Crippen LogP contribution in [-0.4, -0.2) is 75.3 Å². The van der Waals surface area contributed by atoms with E-state index >= 15 is 0 Å². The molecule has 4 fully saturated rings. The summed E-state index contributed by atoms with van der Waals surface area (Å²) >= 11 is 0. The Morgan fingerprint density at radius 2 is 1.73 bits per heavy atom. The van der Waals surface area contributed by atoms with Gasteiger partial charge in [-0.05, 0) is 98.0 Å². The van der Waals surface area contributed by atoms with Gasteiger partial charge in [0.05, 0.1) is 6.61 Å². The second-order valence-corrected chi connectivity index (χ2v) is 14.5. The molecule has 6 rings (SSSR count). The molecule has 1 amide bonds. The number of aromatic amines is 1. The molecule has 1 aliphatic heterocycles. The number of nitrogens with zero attached hydrogens (tertiary/aromatic N) is 1. The number of carbonyl (C=O) groups excluding carboxylic acids is 1. The SMILES string of the molecule is CC(C)c1[nH]nc(OC2OC(CO)C(F)C(O)C2O)c1Cc1ccc(CCCC(=O)NCC2CC3CC4CC(C2)C(C3)C4)cc1. The highest BCUT2D eigenvalue weighted by atomic mass is 19.1. The van der Waals surface area contributed by atoms with Crippen molar-refractivity contribution in [3.05, 3.63) is 46.6 Å². The molecule has 9 nitrogen and oxygen atoms in total. The maximum absolute atomic E-state index is 14.2. The molecule has 1 aromatic heterocycles. The van der Waals surface area contributed by atoms with Crippen molar-refractivity contribution in [3.8, 4) is 5.88 Å². The normalized spacial score (nSPS) is 34.2. The van der Waals surface area contributed by atoms with E-state index in [1.165, 1.54) is 44.1 Å². The predicted octanol–water partition coefficient (Wildman–Crippen LogP) is 4.18. The van der Waals surface area contributed by atoms with Crippen molar-refractivity contribution in [2.75, 3.05) is 13.2 Å². The quantitative estimate of drug-likeness (QED) is 0.238. The van der Waals surface area contributed by atoms with E-state index in [2.05, 4.69) is 39.8 Å². The lowest BCUT2D eigenvalue weighted by Crippen LogP contribution is -2.58. The highest BCUT2D eigenvalue weighted by Gasteiger charge is 2.47. The van der Waals surface area contributed by atoms with Gasteiger partial charge in [0.15, 0.2) is 6.17 Å². The van der Waals surface area contributed by atoms with Crippen molar-refractivity contribution in [3.63, 3.8) is 0 Å². The summed E-state index contributed by atoms with van der Waals surface area (Å²) < 4.78 is 25.5. The van der Waals surface area contributed by atoms with Crippen LogP contribution in [0.25, 0.3) is 0 Å². The Hall–Kier alpha value is -2.53. The Bertz CT molecular complexity index is 1280. The van der Waals surface area contributed by atoms with Crippen molar-refractivity contribution in [2.45, 2.75) is 115 Å². The van der Waals surface area contributed by atoms with Crippen molar-refractivity contribution >= 4 is 5.91 Å². The van der Waals surface area contributed by atoms with Gasteiger partial charge in [0, 0.05) is 30.6 Å². The predicted molar refractivity (Wildman–Crippen MR) is 166 cm³/mol. The number of benzene rings is 1. The number of hydrogen-bond donors (Lipinski definition) is 5. The number of aromatic nitrogens is 2. The summed E-state index contributed by atoms with van der Waals surface area (Å²) in [6.45, 7) is 4.22. The van der Waals surface area contributed by atoms with E-state index in [9.17, 15) is 24.5 Å². The number of hydrogen-bond acceptors (Lipinski definition) is 7. The molecule has 3 saturated carbocycles. The fourth-order valence-electron chi connectivity index (χ4n) is 8.64. The smallest absolute Gasteiger partial charge is 0.238 e. The molecule has 1 saturated heterocycles. The van der Waals surface area contributed by atoms with E-state index in [1.807, 2.05) is 13.8 Å². The van der Waals surface area contributed by atoms with Gasteiger partial charge in [-0.25, -0.2) is 4.39 Å². The minimum absolute atomic E-state index is 0.103. The molecule has 10 unspecified atom stereocenters. The summed E-state index contributed by atoms with van der Waals surface area (Å²) in [6.07, 6.45) is 2.96. The molecule has 1 aromatic carbocycles. The number of halogens is 1. The van der Waals surface area contributed by atoms with Crippen LogP contribution in [0.15, 0.2) is 24.3 Å². The summed E-state index contributed by atoms with van der Waals surface area (Å²) in [5, 5.41) is 40.4. The van der Waals surface area contributed by atoms with Gasteiger partial charge in [0.25, 0.3) is 0 Å². The largest absolute Gasteiger partial charge is 0.443 e. The lowest BCUT2D eigenvalue weighted by atomic mass is 9.78. The zero-order chi connectivity index (χ0) is 31.7. The number of ether oxygens (including phenoxy) is 2. The van der Waals surface area contributed by atoms with Crippen LogP contribution in [0.5, 0.6) is 5.88 Å². The van der Waals surface area contributed by atoms with E-state index in [0.717, 1.165) is 59.9 Å². The first-order chi connectivity index (χ1) is 21.7. The van der Waals surface area contributed by atoms with Crippen LogP contribution in [0.1, 0.15) is 93.5 Å². The van der Waals surface area contributed by atoms with Gasteiger partial charge in [-0.3, -0.25) is 9.89 Å². The van der Waals surface area contributed by atoms with Crippen LogP contribution in [0.3, 0.4) is 0 Å². The first-order valence-corrected chi connectivity index (χ1v) is 17.0. The standard InChI is InChI=1S/C35H50FN3O6/c1-19(2)31-27(34(39-38-31)45-35-33(43)32(42)30(36)28(18-40)44-35)16-21-8-6-20(7-9-21)4-3-5-29(41)37-17-24-11-22-10-23-13-25(12-22)26(14-23)15-24/h6-9,19,22-26,28,30,32-33,35,40,42-43H,3-5,10-18H2,1-2H3,(H,37,41)(H,38,39). The van der Waals surface area contributed by atoms with E-state index in [4.69, 9.17) is 9.47 Å². The Labute approximate surface area is 265 Å². The Kier molecular flexibility index (Phi) is 10.1. The maximum atomic E-state index is 14.2.